The predicted molar refractivity (Wildman–Crippen MR) is 130 cm³/mol. The van der Waals surface area contributed by atoms with E-state index in [1.54, 1.807) is 30.3 Å². The molecule has 0 saturated carbocycles. The van der Waals surface area contributed by atoms with Crippen LogP contribution in [0.25, 0.3) is 6.08 Å². The van der Waals surface area contributed by atoms with Gasteiger partial charge >= 0.3 is 6.03 Å². The molecule has 2 aromatic rings. The highest BCUT2D eigenvalue weighted by Crippen LogP contribution is 2.36. The molecule has 10 heteroatoms. The molecule has 0 spiro atoms. The highest BCUT2D eigenvalue weighted by molar-refractivity contribution is 14.1. The van der Waals surface area contributed by atoms with Crippen molar-refractivity contribution in [2.75, 3.05) is 20.7 Å². The molecule has 7 nitrogen and oxygen atoms in total. The van der Waals surface area contributed by atoms with Crippen molar-refractivity contribution >= 4 is 69.7 Å². The molecule has 0 unspecified atom stereocenters. The van der Waals surface area contributed by atoms with E-state index in [1.165, 1.54) is 20.2 Å². The third kappa shape index (κ3) is 5.02. The summed E-state index contributed by atoms with van der Waals surface area (Å²) in [6.07, 6.45) is 1.44. The molecule has 4 amide bonds. The molecule has 2 aromatic carbocycles. The number of imide groups is 2. The van der Waals surface area contributed by atoms with Crippen LogP contribution in [0.15, 0.2) is 35.9 Å². The summed E-state index contributed by atoms with van der Waals surface area (Å²) in [5.41, 5.74) is 1.20. The molecule has 3 rings (SSSR count). The molecule has 0 bridgehead atoms. The molecule has 1 heterocycles. The first-order valence-electron chi connectivity index (χ1n) is 9.48. The zero-order chi connectivity index (χ0) is 23.6. The second kappa shape index (κ2) is 10.1. The Morgan fingerprint density at radius 2 is 1.66 bits per heavy atom. The van der Waals surface area contributed by atoms with Crippen molar-refractivity contribution in [1.29, 1.82) is 0 Å². The number of hydrogen-bond acceptors (Lipinski definition) is 5. The van der Waals surface area contributed by atoms with Crippen LogP contribution in [0.3, 0.4) is 0 Å². The number of halogens is 3. The Bertz CT molecular complexity index is 1110. The molecule has 0 aliphatic carbocycles. The number of nitrogens with zero attached hydrogens (tertiary/aromatic N) is 2. The molecule has 32 heavy (non-hydrogen) atoms. The predicted octanol–water partition coefficient (Wildman–Crippen LogP) is 5.01. The number of barbiturate groups is 1. The quantitative estimate of drug-likeness (QED) is 0.269. The summed E-state index contributed by atoms with van der Waals surface area (Å²) in [5.74, 6) is -0.372. The van der Waals surface area contributed by atoms with Gasteiger partial charge < -0.3 is 9.47 Å². The minimum absolute atomic E-state index is 0.116. The highest BCUT2D eigenvalue weighted by atomic mass is 127. The van der Waals surface area contributed by atoms with Gasteiger partial charge in [-0.3, -0.25) is 19.4 Å². The Labute approximate surface area is 209 Å². The van der Waals surface area contributed by atoms with Crippen LogP contribution >= 0.6 is 45.8 Å². The minimum Gasteiger partial charge on any atom is -0.490 e. The maximum Gasteiger partial charge on any atom is 0.333 e. The Kier molecular flexibility index (Phi) is 7.68. The topological polar surface area (TPSA) is 76.2 Å². The maximum atomic E-state index is 12.5. The number of benzene rings is 2. The molecule has 0 aromatic heterocycles. The average Bonchev–Trinajstić information content (AvgIpc) is 2.75. The van der Waals surface area contributed by atoms with E-state index in [-0.39, 0.29) is 12.2 Å². The van der Waals surface area contributed by atoms with Gasteiger partial charge in [-0.15, -0.1) is 0 Å². The SMILES string of the molecule is CCOc1cc(C=C2C(=O)N(C)C(=O)N(C)C2=O)cc(I)c1OCc1ccc(Cl)cc1Cl. The van der Waals surface area contributed by atoms with E-state index < -0.39 is 17.8 Å². The van der Waals surface area contributed by atoms with Crippen LogP contribution < -0.4 is 9.47 Å². The van der Waals surface area contributed by atoms with E-state index in [4.69, 9.17) is 32.7 Å². The number of likely N-dealkylation sites (N-methyl/N-ethyl adjacent to an activating group) is 2. The molecule has 1 saturated heterocycles. The molecule has 1 fully saturated rings. The lowest BCUT2D eigenvalue weighted by Crippen LogP contribution is -2.52. The van der Waals surface area contributed by atoms with Crippen molar-refractivity contribution in [1.82, 2.24) is 9.80 Å². The summed E-state index contributed by atoms with van der Waals surface area (Å²) in [7, 11) is 2.66. The summed E-state index contributed by atoms with van der Waals surface area (Å²) in [4.78, 5) is 38.7. The molecule has 1 aliphatic rings. The Balaban J connectivity index is 1.94. The lowest BCUT2D eigenvalue weighted by molar-refractivity contribution is -0.134. The second-order valence-corrected chi connectivity index (χ2v) is 8.86. The van der Waals surface area contributed by atoms with Crippen molar-refractivity contribution < 1.29 is 23.9 Å². The number of hydrogen-bond donors (Lipinski definition) is 0. The van der Waals surface area contributed by atoms with Gasteiger partial charge in [0.05, 0.1) is 10.2 Å². The van der Waals surface area contributed by atoms with Crippen LogP contribution in [-0.4, -0.2) is 48.3 Å². The summed E-state index contributed by atoms with van der Waals surface area (Å²) in [6, 6.07) is 7.91. The number of urea groups is 1. The van der Waals surface area contributed by atoms with Crippen LogP contribution in [-0.2, 0) is 16.2 Å². The van der Waals surface area contributed by atoms with Gasteiger partial charge in [0.2, 0.25) is 0 Å². The van der Waals surface area contributed by atoms with Crippen LogP contribution in [0.4, 0.5) is 4.79 Å². The second-order valence-electron chi connectivity index (χ2n) is 6.86. The van der Waals surface area contributed by atoms with Crippen LogP contribution in [0.2, 0.25) is 10.0 Å². The fourth-order valence-electron chi connectivity index (χ4n) is 3.00. The van der Waals surface area contributed by atoms with Gasteiger partial charge in [-0.05, 0) is 65.4 Å². The molecular formula is C22H19Cl2IN2O5. The van der Waals surface area contributed by atoms with Gasteiger partial charge in [0, 0.05) is 29.7 Å². The molecule has 168 valence electrons. The van der Waals surface area contributed by atoms with Gasteiger partial charge in [-0.25, -0.2) is 4.79 Å². The summed E-state index contributed by atoms with van der Waals surface area (Å²) >= 11 is 14.3. The van der Waals surface area contributed by atoms with Gasteiger partial charge in [0.15, 0.2) is 11.5 Å². The van der Waals surface area contributed by atoms with E-state index in [0.717, 1.165) is 15.4 Å². The van der Waals surface area contributed by atoms with Gasteiger partial charge in [0.1, 0.15) is 12.2 Å². The van der Waals surface area contributed by atoms with Crippen LogP contribution in [0, 0.1) is 3.57 Å². The van der Waals surface area contributed by atoms with E-state index in [9.17, 15) is 14.4 Å². The van der Waals surface area contributed by atoms with E-state index in [0.29, 0.717) is 37.3 Å². The standard InChI is InChI=1S/C22H19Cl2IN2O5/c1-4-31-18-9-12(7-15-20(28)26(2)22(30)27(3)21(15)29)8-17(25)19(18)32-11-13-5-6-14(23)10-16(13)24/h5-10H,4,11H2,1-3H3. The van der Waals surface area contributed by atoms with Crippen molar-refractivity contribution in [3.63, 3.8) is 0 Å². The van der Waals surface area contributed by atoms with Gasteiger partial charge in [-0.2, -0.15) is 0 Å². The molecule has 0 atom stereocenters. The van der Waals surface area contributed by atoms with Crippen molar-refractivity contribution in [2.24, 2.45) is 0 Å². The number of carbonyl (C=O) groups excluding carboxylic acids is 3. The lowest BCUT2D eigenvalue weighted by Gasteiger charge is -2.28. The Morgan fingerprint density at radius 3 is 2.25 bits per heavy atom. The lowest BCUT2D eigenvalue weighted by atomic mass is 10.1. The average molecular weight is 589 g/mol. The number of amides is 4. The maximum absolute atomic E-state index is 12.5. The third-order valence-electron chi connectivity index (χ3n) is 4.67. The molecular weight excluding hydrogens is 570 g/mol. The fourth-order valence-corrected chi connectivity index (χ4v) is 4.25. The minimum atomic E-state index is -0.675. The Hall–Kier alpha value is -2.30. The Morgan fingerprint density at radius 1 is 1.00 bits per heavy atom. The van der Waals surface area contributed by atoms with E-state index >= 15 is 0 Å². The first kappa shape index (κ1) is 24.3. The first-order chi connectivity index (χ1) is 15.1. The van der Waals surface area contributed by atoms with Gasteiger partial charge in [-0.1, -0.05) is 29.3 Å². The molecule has 0 radical (unpaired) electrons. The fraction of sp³-hybridized carbons (Fsp3) is 0.227. The summed E-state index contributed by atoms with van der Waals surface area (Å²) in [6.45, 7) is 2.41. The first-order valence-corrected chi connectivity index (χ1v) is 11.3. The van der Waals surface area contributed by atoms with Crippen molar-refractivity contribution in [3.05, 3.63) is 60.6 Å². The van der Waals surface area contributed by atoms with Crippen LogP contribution in [0.5, 0.6) is 11.5 Å². The van der Waals surface area contributed by atoms with E-state index in [1.807, 2.05) is 6.92 Å². The smallest absolute Gasteiger partial charge is 0.333 e. The van der Waals surface area contributed by atoms with Crippen LogP contribution in [0.1, 0.15) is 18.1 Å². The number of rotatable bonds is 6. The number of carbonyl (C=O) groups is 3. The normalized spacial score (nSPS) is 14.2. The third-order valence-corrected chi connectivity index (χ3v) is 6.06. The van der Waals surface area contributed by atoms with Crippen molar-refractivity contribution in [2.45, 2.75) is 13.5 Å². The highest BCUT2D eigenvalue weighted by Gasteiger charge is 2.37. The molecule has 1 aliphatic heterocycles. The molecule has 0 N–H and O–H groups in total. The van der Waals surface area contributed by atoms with Gasteiger partial charge in [0.25, 0.3) is 11.8 Å². The van der Waals surface area contributed by atoms with E-state index in [2.05, 4.69) is 22.6 Å². The zero-order valence-corrected chi connectivity index (χ0v) is 21.1. The monoisotopic (exact) mass is 588 g/mol. The zero-order valence-electron chi connectivity index (χ0n) is 17.4. The summed E-state index contributed by atoms with van der Waals surface area (Å²) in [5, 5.41) is 1.02. The van der Waals surface area contributed by atoms with Crippen molar-refractivity contribution in [3.8, 4) is 11.5 Å². The summed E-state index contributed by atoms with van der Waals surface area (Å²) < 4.78 is 12.4. The largest absolute Gasteiger partial charge is 0.490 e. The number of ether oxygens (including phenoxy) is 2.